The standard InChI is InChI=1S/C22H22N2O8S/c1-13-9-11-16(12-10-13)33(28,29)32-18-8-6-5-7-17(18)19-20(24(26)27)14(2)23-15(3)21(19)31-22(25)30-4/h5-12,19,23H,1-4H3. The number of aryl methyl sites for hydroxylation is 1. The van der Waals surface area contributed by atoms with Gasteiger partial charge in [-0.3, -0.25) is 10.1 Å². The number of nitrogens with one attached hydrogen (secondary N) is 1. The lowest BCUT2D eigenvalue weighted by molar-refractivity contribution is -0.431. The Morgan fingerprint density at radius 1 is 1.03 bits per heavy atom. The monoisotopic (exact) mass is 474 g/mol. The summed E-state index contributed by atoms with van der Waals surface area (Å²) in [6.45, 7) is 4.88. The van der Waals surface area contributed by atoms with Gasteiger partial charge in [-0.2, -0.15) is 8.42 Å². The van der Waals surface area contributed by atoms with Crippen molar-refractivity contribution in [3.8, 4) is 5.75 Å². The Hall–Kier alpha value is -3.86. The van der Waals surface area contributed by atoms with Gasteiger partial charge in [-0.05, 0) is 39.0 Å². The van der Waals surface area contributed by atoms with E-state index in [-0.39, 0.29) is 33.4 Å². The fourth-order valence-corrected chi connectivity index (χ4v) is 4.38. The predicted molar refractivity (Wildman–Crippen MR) is 117 cm³/mol. The van der Waals surface area contributed by atoms with Crippen molar-refractivity contribution in [3.05, 3.63) is 92.6 Å². The van der Waals surface area contributed by atoms with Crippen LogP contribution in [0.4, 0.5) is 4.79 Å². The maximum absolute atomic E-state index is 12.9. The molecule has 0 aromatic heterocycles. The van der Waals surface area contributed by atoms with Gasteiger partial charge >= 0.3 is 16.3 Å². The van der Waals surface area contributed by atoms with Gasteiger partial charge in [-0.25, -0.2) is 4.79 Å². The first-order chi connectivity index (χ1) is 15.5. The molecule has 0 spiro atoms. The molecule has 0 aliphatic carbocycles. The SMILES string of the molecule is COC(=O)OC1=C(C)NC(C)=C([N+](=O)[O-])C1c1ccccc1OS(=O)(=O)c1ccc(C)cc1. The van der Waals surface area contributed by atoms with Crippen molar-refractivity contribution >= 4 is 16.3 Å². The van der Waals surface area contributed by atoms with Gasteiger partial charge in [0.1, 0.15) is 22.3 Å². The molecule has 2 aromatic rings. The number of nitro groups is 1. The molecule has 33 heavy (non-hydrogen) atoms. The van der Waals surface area contributed by atoms with Crippen LogP contribution < -0.4 is 9.50 Å². The highest BCUT2D eigenvalue weighted by atomic mass is 32.2. The van der Waals surface area contributed by atoms with Crippen LogP contribution in [0.1, 0.15) is 30.9 Å². The molecule has 0 amide bonds. The number of allylic oxidation sites excluding steroid dienone is 2. The summed E-state index contributed by atoms with van der Waals surface area (Å²) in [5.41, 5.74) is 1.19. The second-order valence-electron chi connectivity index (χ2n) is 7.26. The highest BCUT2D eigenvalue weighted by Gasteiger charge is 2.41. The van der Waals surface area contributed by atoms with Crippen LogP contribution in [0.15, 0.2) is 76.3 Å². The molecule has 10 nitrogen and oxygen atoms in total. The van der Waals surface area contributed by atoms with E-state index < -0.39 is 27.1 Å². The molecule has 0 saturated carbocycles. The molecule has 0 radical (unpaired) electrons. The van der Waals surface area contributed by atoms with Crippen molar-refractivity contribution in [3.63, 3.8) is 0 Å². The van der Waals surface area contributed by atoms with Crippen molar-refractivity contribution in [2.75, 3.05) is 7.11 Å². The van der Waals surface area contributed by atoms with E-state index >= 15 is 0 Å². The minimum absolute atomic E-state index is 0.0767. The number of methoxy groups -OCH3 is 1. The summed E-state index contributed by atoms with van der Waals surface area (Å²) in [5.74, 6) is -1.50. The summed E-state index contributed by atoms with van der Waals surface area (Å²) in [7, 11) is -3.15. The lowest BCUT2D eigenvalue weighted by Crippen LogP contribution is -2.30. The van der Waals surface area contributed by atoms with Gasteiger partial charge in [-0.1, -0.05) is 35.9 Å². The van der Waals surface area contributed by atoms with E-state index in [0.29, 0.717) is 5.70 Å². The number of para-hydroxylation sites is 1. The summed E-state index contributed by atoms with van der Waals surface area (Å²) in [5, 5.41) is 14.8. The van der Waals surface area contributed by atoms with Crippen molar-refractivity contribution in [2.45, 2.75) is 31.6 Å². The number of rotatable bonds is 6. The Labute approximate surface area is 190 Å². The second-order valence-corrected chi connectivity index (χ2v) is 8.81. The fraction of sp³-hybridized carbons (Fsp3) is 0.227. The van der Waals surface area contributed by atoms with E-state index in [0.717, 1.165) is 12.7 Å². The molecule has 3 rings (SSSR count). The number of carbonyl (C=O) groups excluding carboxylic acids is 1. The van der Waals surface area contributed by atoms with Crippen molar-refractivity contribution < 1.29 is 31.8 Å². The maximum atomic E-state index is 12.9. The first-order valence-corrected chi connectivity index (χ1v) is 11.1. The van der Waals surface area contributed by atoms with E-state index in [2.05, 4.69) is 10.1 Å². The zero-order valence-corrected chi connectivity index (χ0v) is 19.1. The highest BCUT2D eigenvalue weighted by molar-refractivity contribution is 7.87. The van der Waals surface area contributed by atoms with Gasteiger partial charge in [-0.15, -0.1) is 0 Å². The Balaban J connectivity index is 2.15. The number of carbonyl (C=O) groups is 1. The van der Waals surface area contributed by atoms with Gasteiger partial charge in [0.25, 0.3) is 5.70 Å². The van der Waals surface area contributed by atoms with Crippen LogP contribution in [0.2, 0.25) is 0 Å². The lowest BCUT2D eigenvalue weighted by atomic mass is 9.89. The Kier molecular flexibility index (Phi) is 6.73. The molecule has 0 saturated heterocycles. The summed E-state index contributed by atoms with van der Waals surface area (Å²) >= 11 is 0. The summed E-state index contributed by atoms with van der Waals surface area (Å²) < 4.78 is 41.0. The van der Waals surface area contributed by atoms with Crippen LogP contribution >= 0.6 is 0 Å². The van der Waals surface area contributed by atoms with E-state index in [4.69, 9.17) is 8.92 Å². The smallest absolute Gasteiger partial charge is 0.437 e. The number of hydrogen-bond donors (Lipinski definition) is 1. The third-order valence-corrected chi connectivity index (χ3v) is 6.21. The van der Waals surface area contributed by atoms with Crippen LogP contribution in [-0.4, -0.2) is 26.6 Å². The van der Waals surface area contributed by atoms with Crippen molar-refractivity contribution in [2.24, 2.45) is 0 Å². The zero-order chi connectivity index (χ0) is 24.3. The topological polar surface area (TPSA) is 134 Å². The third kappa shape index (κ3) is 4.98. The first-order valence-electron chi connectivity index (χ1n) is 9.74. The third-order valence-electron chi connectivity index (χ3n) is 4.96. The van der Waals surface area contributed by atoms with E-state index in [1.165, 1.54) is 37.3 Å². The highest BCUT2D eigenvalue weighted by Crippen LogP contribution is 2.43. The molecule has 1 atom stereocenters. The van der Waals surface area contributed by atoms with E-state index in [9.17, 15) is 23.3 Å². The molecule has 1 heterocycles. The zero-order valence-electron chi connectivity index (χ0n) is 18.3. The minimum atomic E-state index is -4.25. The first kappa shape index (κ1) is 23.8. The van der Waals surface area contributed by atoms with Gasteiger partial charge in [0.15, 0.2) is 0 Å². The van der Waals surface area contributed by atoms with Gasteiger partial charge in [0, 0.05) is 5.56 Å². The Morgan fingerprint density at radius 2 is 1.67 bits per heavy atom. The largest absolute Gasteiger partial charge is 0.513 e. The normalized spacial score (nSPS) is 16.2. The number of dihydropyridines is 1. The Morgan fingerprint density at radius 3 is 2.27 bits per heavy atom. The molecule has 1 aliphatic rings. The second kappa shape index (κ2) is 9.33. The van der Waals surface area contributed by atoms with Crippen LogP contribution in [0.3, 0.4) is 0 Å². The van der Waals surface area contributed by atoms with Gasteiger partial charge in [0.05, 0.1) is 23.4 Å². The van der Waals surface area contributed by atoms with Crippen molar-refractivity contribution in [1.29, 1.82) is 0 Å². The molecule has 1 unspecified atom stereocenters. The van der Waals surface area contributed by atoms with Crippen molar-refractivity contribution in [1.82, 2.24) is 5.32 Å². The maximum Gasteiger partial charge on any atom is 0.513 e. The van der Waals surface area contributed by atoms with Crippen LogP contribution in [-0.2, 0) is 19.6 Å². The summed E-state index contributed by atoms with van der Waals surface area (Å²) in [6.07, 6.45) is -1.08. The average molecular weight is 474 g/mol. The van der Waals surface area contributed by atoms with E-state index in [1.54, 1.807) is 25.1 Å². The molecule has 0 fully saturated rings. The van der Waals surface area contributed by atoms with Crippen LogP contribution in [0.25, 0.3) is 0 Å². The molecule has 174 valence electrons. The minimum Gasteiger partial charge on any atom is -0.437 e. The summed E-state index contributed by atoms with van der Waals surface area (Å²) in [6, 6.07) is 12.0. The molecule has 1 N–H and O–H groups in total. The Bertz CT molecular complexity index is 1260. The predicted octanol–water partition coefficient (Wildman–Crippen LogP) is 3.97. The molecule has 1 aliphatic heterocycles. The number of nitrogens with zero attached hydrogens (tertiary/aromatic N) is 1. The molecular weight excluding hydrogens is 452 g/mol. The average Bonchev–Trinajstić information content (AvgIpc) is 2.75. The van der Waals surface area contributed by atoms with Crippen LogP contribution in [0, 0.1) is 17.0 Å². The van der Waals surface area contributed by atoms with E-state index in [1.807, 2.05) is 6.92 Å². The number of ether oxygens (including phenoxy) is 2. The lowest BCUT2D eigenvalue weighted by Gasteiger charge is -2.27. The molecule has 0 bridgehead atoms. The summed E-state index contributed by atoms with van der Waals surface area (Å²) in [4.78, 5) is 23.1. The van der Waals surface area contributed by atoms with Gasteiger partial charge < -0.3 is 19.0 Å². The molecular formula is C22H22N2O8S. The number of hydrogen-bond acceptors (Lipinski definition) is 9. The van der Waals surface area contributed by atoms with Crippen LogP contribution in [0.5, 0.6) is 5.75 Å². The molecule has 11 heteroatoms. The molecule has 2 aromatic carbocycles. The van der Waals surface area contributed by atoms with Gasteiger partial charge in [0.2, 0.25) is 0 Å². The number of benzene rings is 2. The quantitative estimate of drug-likeness (QED) is 0.285. The fourth-order valence-electron chi connectivity index (χ4n) is 3.43.